The van der Waals surface area contributed by atoms with Gasteiger partial charge in [0.05, 0.1) is 11.8 Å². The summed E-state index contributed by atoms with van der Waals surface area (Å²) >= 11 is 0. The van der Waals surface area contributed by atoms with Gasteiger partial charge in [0.25, 0.3) is 0 Å². The molecule has 0 aliphatic heterocycles. The molecule has 0 aliphatic rings. The molecule has 0 spiro atoms. The highest BCUT2D eigenvalue weighted by atomic mass is 16.1. The van der Waals surface area contributed by atoms with Gasteiger partial charge in [-0.1, -0.05) is 0 Å². The predicted octanol–water partition coefficient (Wildman–Crippen LogP) is 0.976. The molecule has 0 radical (unpaired) electrons. The van der Waals surface area contributed by atoms with Crippen LogP contribution >= 0.6 is 0 Å². The number of carbonyl (C=O) groups is 1. The molecular weight excluding hydrogens is 166 g/mol. The number of nitrogens with one attached hydrogen (secondary N) is 1. The van der Waals surface area contributed by atoms with E-state index in [-0.39, 0.29) is 5.78 Å². The first-order valence-corrected chi connectivity index (χ1v) is 4.00. The molecule has 1 rings (SSSR count). The second kappa shape index (κ2) is 3.89. The molecule has 0 amide bonds. The molecule has 13 heavy (non-hydrogen) atoms. The van der Waals surface area contributed by atoms with E-state index in [1.165, 1.54) is 12.3 Å². The van der Waals surface area contributed by atoms with Crippen molar-refractivity contribution in [3.8, 4) is 0 Å². The standard InChI is InChI=1S/C9H13N3O/c1-7-8(6-10-11-7)9(13)4-5-12(2)3/h4-6H,1-3H3,(H,10,11)/b5-4+. The van der Waals surface area contributed by atoms with E-state index in [0.29, 0.717) is 5.56 Å². The smallest absolute Gasteiger partial charge is 0.190 e. The van der Waals surface area contributed by atoms with Crippen LogP contribution in [0.25, 0.3) is 0 Å². The summed E-state index contributed by atoms with van der Waals surface area (Å²) in [6.45, 7) is 1.82. The van der Waals surface area contributed by atoms with Crippen molar-refractivity contribution in [2.24, 2.45) is 0 Å². The first-order chi connectivity index (χ1) is 6.11. The van der Waals surface area contributed by atoms with Crippen molar-refractivity contribution < 1.29 is 4.79 Å². The zero-order chi connectivity index (χ0) is 9.84. The molecule has 1 aromatic heterocycles. The molecule has 0 aromatic carbocycles. The van der Waals surface area contributed by atoms with E-state index in [0.717, 1.165) is 5.69 Å². The molecule has 0 saturated carbocycles. The lowest BCUT2D eigenvalue weighted by molar-refractivity contribution is 0.104. The van der Waals surface area contributed by atoms with E-state index in [1.54, 1.807) is 6.20 Å². The Balaban J connectivity index is 2.75. The number of nitrogens with zero attached hydrogens (tertiary/aromatic N) is 2. The number of rotatable bonds is 3. The Hall–Kier alpha value is -1.58. The highest BCUT2D eigenvalue weighted by molar-refractivity contribution is 6.04. The van der Waals surface area contributed by atoms with Crippen LogP contribution in [-0.2, 0) is 0 Å². The molecule has 0 aliphatic carbocycles. The summed E-state index contributed by atoms with van der Waals surface area (Å²) in [5.74, 6) is -0.0278. The monoisotopic (exact) mass is 179 g/mol. The van der Waals surface area contributed by atoms with Gasteiger partial charge in [-0.3, -0.25) is 9.89 Å². The maximum absolute atomic E-state index is 11.5. The van der Waals surface area contributed by atoms with Crippen molar-refractivity contribution in [1.29, 1.82) is 0 Å². The van der Waals surface area contributed by atoms with Gasteiger partial charge in [-0.25, -0.2) is 0 Å². The predicted molar refractivity (Wildman–Crippen MR) is 50.5 cm³/mol. The number of aromatic amines is 1. The fraction of sp³-hybridized carbons (Fsp3) is 0.333. The molecule has 1 aromatic rings. The van der Waals surface area contributed by atoms with Crippen LogP contribution in [0.5, 0.6) is 0 Å². The second-order valence-corrected chi connectivity index (χ2v) is 3.05. The van der Waals surface area contributed by atoms with E-state index in [1.807, 2.05) is 25.9 Å². The number of hydrogen-bond donors (Lipinski definition) is 1. The SMILES string of the molecule is Cc1[nH]ncc1C(=O)/C=C/N(C)C. The third-order valence-corrected chi connectivity index (χ3v) is 1.62. The van der Waals surface area contributed by atoms with E-state index >= 15 is 0 Å². The maximum atomic E-state index is 11.5. The lowest BCUT2D eigenvalue weighted by Crippen LogP contribution is -2.03. The fourth-order valence-electron chi connectivity index (χ4n) is 0.906. The summed E-state index contributed by atoms with van der Waals surface area (Å²) in [7, 11) is 3.73. The quantitative estimate of drug-likeness (QED) is 0.555. The van der Waals surface area contributed by atoms with E-state index < -0.39 is 0 Å². The van der Waals surface area contributed by atoms with Gasteiger partial charge >= 0.3 is 0 Å². The van der Waals surface area contributed by atoms with Gasteiger partial charge in [-0.05, 0) is 6.92 Å². The molecule has 0 fully saturated rings. The van der Waals surface area contributed by atoms with Gasteiger partial charge in [0.1, 0.15) is 0 Å². The number of allylic oxidation sites excluding steroid dienone is 1. The Morgan fingerprint density at radius 3 is 2.77 bits per heavy atom. The van der Waals surface area contributed by atoms with Crippen LogP contribution in [0.3, 0.4) is 0 Å². The molecular formula is C9H13N3O. The van der Waals surface area contributed by atoms with Crippen LogP contribution in [0.1, 0.15) is 16.1 Å². The van der Waals surface area contributed by atoms with E-state index in [2.05, 4.69) is 10.2 Å². The molecule has 0 unspecified atom stereocenters. The lowest BCUT2D eigenvalue weighted by Gasteiger charge is -2.01. The topological polar surface area (TPSA) is 49.0 Å². The Morgan fingerprint density at radius 1 is 1.62 bits per heavy atom. The molecule has 0 saturated heterocycles. The zero-order valence-electron chi connectivity index (χ0n) is 8.03. The number of H-pyrrole nitrogens is 1. The number of hydrogen-bond acceptors (Lipinski definition) is 3. The van der Waals surface area contributed by atoms with Crippen molar-refractivity contribution in [1.82, 2.24) is 15.1 Å². The molecule has 70 valence electrons. The second-order valence-electron chi connectivity index (χ2n) is 3.05. The third kappa shape index (κ3) is 2.43. The Kier molecular flexibility index (Phi) is 2.84. The van der Waals surface area contributed by atoms with Crippen molar-refractivity contribution >= 4 is 5.78 Å². The molecule has 0 bridgehead atoms. The minimum Gasteiger partial charge on any atom is -0.383 e. The van der Waals surface area contributed by atoms with Gasteiger partial charge in [-0.15, -0.1) is 0 Å². The Bertz CT molecular complexity index is 325. The van der Waals surface area contributed by atoms with Crippen LogP contribution in [0, 0.1) is 6.92 Å². The molecule has 1 N–H and O–H groups in total. The largest absolute Gasteiger partial charge is 0.383 e. The van der Waals surface area contributed by atoms with Crippen molar-refractivity contribution in [2.75, 3.05) is 14.1 Å². The van der Waals surface area contributed by atoms with E-state index in [4.69, 9.17) is 0 Å². The third-order valence-electron chi connectivity index (χ3n) is 1.62. The summed E-state index contributed by atoms with van der Waals surface area (Å²) in [6.07, 6.45) is 4.78. The van der Waals surface area contributed by atoms with Gasteiger partial charge < -0.3 is 4.90 Å². The van der Waals surface area contributed by atoms with Crippen LogP contribution in [0.2, 0.25) is 0 Å². The van der Waals surface area contributed by atoms with Crippen LogP contribution in [0.15, 0.2) is 18.5 Å². The fourth-order valence-corrected chi connectivity index (χ4v) is 0.906. The maximum Gasteiger partial charge on any atom is 0.190 e. The zero-order valence-corrected chi connectivity index (χ0v) is 8.03. The first kappa shape index (κ1) is 9.51. The number of aryl methyl sites for hydroxylation is 1. The average molecular weight is 179 g/mol. The first-order valence-electron chi connectivity index (χ1n) is 4.00. The van der Waals surface area contributed by atoms with Crippen LogP contribution < -0.4 is 0 Å². The van der Waals surface area contributed by atoms with Crippen LogP contribution in [-0.4, -0.2) is 35.0 Å². The number of ketones is 1. The Morgan fingerprint density at radius 2 is 2.31 bits per heavy atom. The molecule has 4 nitrogen and oxygen atoms in total. The average Bonchev–Trinajstić information content (AvgIpc) is 2.47. The number of carbonyl (C=O) groups excluding carboxylic acids is 1. The Labute approximate surface area is 77.3 Å². The van der Waals surface area contributed by atoms with Crippen molar-refractivity contribution in [2.45, 2.75) is 6.92 Å². The normalized spacial score (nSPS) is 10.7. The van der Waals surface area contributed by atoms with Gasteiger partial charge in [0, 0.05) is 32.1 Å². The van der Waals surface area contributed by atoms with Crippen molar-refractivity contribution in [3.05, 3.63) is 29.7 Å². The van der Waals surface area contributed by atoms with E-state index in [9.17, 15) is 4.79 Å². The number of aromatic nitrogens is 2. The summed E-state index contributed by atoms with van der Waals surface area (Å²) in [4.78, 5) is 13.3. The molecule has 4 heteroatoms. The summed E-state index contributed by atoms with van der Waals surface area (Å²) in [5.41, 5.74) is 1.42. The highest BCUT2D eigenvalue weighted by Gasteiger charge is 2.06. The van der Waals surface area contributed by atoms with Gasteiger partial charge in [0.15, 0.2) is 5.78 Å². The van der Waals surface area contributed by atoms with Crippen LogP contribution in [0.4, 0.5) is 0 Å². The molecule has 0 atom stereocenters. The lowest BCUT2D eigenvalue weighted by atomic mass is 10.2. The summed E-state index contributed by atoms with van der Waals surface area (Å²) < 4.78 is 0. The minimum absolute atomic E-state index is 0.0278. The highest BCUT2D eigenvalue weighted by Crippen LogP contribution is 2.04. The minimum atomic E-state index is -0.0278. The molecule has 1 heterocycles. The summed E-state index contributed by atoms with van der Waals surface area (Å²) in [5, 5.41) is 6.50. The van der Waals surface area contributed by atoms with Crippen molar-refractivity contribution in [3.63, 3.8) is 0 Å². The van der Waals surface area contributed by atoms with Gasteiger partial charge in [0.2, 0.25) is 0 Å². The van der Waals surface area contributed by atoms with Gasteiger partial charge in [-0.2, -0.15) is 5.10 Å². The summed E-state index contributed by atoms with van der Waals surface area (Å²) in [6, 6.07) is 0.